The Morgan fingerprint density at radius 3 is 3.00 bits per heavy atom. The second-order valence-corrected chi connectivity index (χ2v) is 5.19. The summed E-state index contributed by atoms with van der Waals surface area (Å²) in [7, 11) is 0. The second-order valence-electron chi connectivity index (χ2n) is 5.19. The first-order valence-electron chi connectivity index (χ1n) is 7.15. The number of nitrogens with zero attached hydrogens (tertiary/aromatic N) is 4. The summed E-state index contributed by atoms with van der Waals surface area (Å²) in [4.78, 5) is 12.8. The maximum Gasteiger partial charge on any atom is 0.247 e. The van der Waals surface area contributed by atoms with Gasteiger partial charge in [-0.1, -0.05) is 19.1 Å². The van der Waals surface area contributed by atoms with Gasteiger partial charge in [-0.25, -0.2) is 4.98 Å². The highest BCUT2D eigenvalue weighted by molar-refractivity contribution is 5.77. The lowest BCUT2D eigenvalue weighted by Crippen LogP contribution is -2.09. The van der Waals surface area contributed by atoms with Crippen LogP contribution in [-0.4, -0.2) is 37.8 Å². The Kier molecular flexibility index (Phi) is 3.74. The molecule has 7 nitrogen and oxygen atoms in total. The van der Waals surface area contributed by atoms with Crippen LogP contribution in [0.25, 0.3) is 11.2 Å². The Labute approximate surface area is 122 Å². The summed E-state index contributed by atoms with van der Waals surface area (Å²) in [6.07, 6.45) is 7.53. The van der Waals surface area contributed by atoms with E-state index in [0.29, 0.717) is 23.7 Å². The molecular weight excluding hydrogens is 270 g/mol. The van der Waals surface area contributed by atoms with Crippen molar-refractivity contribution < 1.29 is 9.84 Å². The number of fused-ring (bicyclic) bond motifs is 1. The van der Waals surface area contributed by atoms with Crippen molar-refractivity contribution in [3.05, 3.63) is 18.5 Å². The van der Waals surface area contributed by atoms with E-state index in [1.54, 1.807) is 6.33 Å². The van der Waals surface area contributed by atoms with Gasteiger partial charge in [-0.15, -0.1) is 0 Å². The van der Waals surface area contributed by atoms with Crippen LogP contribution in [0.3, 0.4) is 0 Å². The number of hydrogen-bond donors (Lipinski definition) is 2. The first kappa shape index (κ1) is 13.8. The molecule has 0 bridgehead atoms. The molecule has 1 aliphatic carbocycles. The minimum Gasteiger partial charge on any atom is -0.476 e. The van der Waals surface area contributed by atoms with Crippen LogP contribution in [-0.2, 0) is 0 Å². The largest absolute Gasteiger partial charge is 0.476 e. The fraction of sp³-hybridized carbons (Fsp3) is 0.500. The number of aliphatic hydroxyl groups is 1. The molecule has 2 aromatic rings. The third kappa shape index (κ3) is 2.56. The van der Waals surface area contributed by atoms with Crippen LogP contribution in [0, 0.1) is 5.92 Å². The highest BCUT2D eigenvalue weighted by atomic mass is 16.5. The zero-order valence-corrected chi connectivity index (χ0v) is 11.9. The van der Waals surface area contributed by atoms with Gasteiger partial charge in [-0.3, -0.25) is 0 Å². The molecule has 0 fully saturated rings. The number of nitrogen functional groups attached to an aromatic ring is 1. The van der Waals surface area contributed by atoms with E-state index < -0.39 is 0 Å². The van der Waals surface area contributed by atoms with Crippen LogP contribution in [0.1, 0.15) is 25.8 Å². The topological polar surface area (TPSA) is 99.1 Å². The fourth-order valence-corrected chi connectivity index (χ4v) is 2.54. The van der Waals surface area contributed by atoms with Gasteiger partial charge in [0.15, 0.2) is 11.2 Å². The molecule has 3 rings (SSSR count). The molecule has 3 N–H and O–H groups in total. The van der Waals surface area contributed by atoms with Crippen molar-refractivity contribution in [2.75, 3.05) is 18.9 Å². The lowest BCUT2D eigenvalue weighted by molar-refractivity contribution is 0.244. The summed E-state index contributed by atoms with van der Waals surface area (Å²) in [5.41, 5.74) is 7.07. The summed E-state index contributed by atoms with van der Waals surface area (Å²) >= 11 is 0. The van der Waals surface area contributed by atoms with Crippen molar-refractivity contribution in [2.45, 2.75) is 25.8 Å². The smallest absolute Gasteiger partial charge is 0.247 e. The Hall–Kier alpha value is -2.15. The molecule has 1 aliphatic rings. The minimum atomic E-state index is 0.125. The number of rotatable bonds is 5. The van der Waals surface area contributed by atoms with E-state index in [4.69, 9.17) is 10.5 Å². The normalized spacial score (nSPS) is 21.2. The zero-order valence-electron chi connectivity index (χ0n) is 11.9. The van der Waals surface area contributed by atoms with Gasteiger partial charge in [-0.05, 0) is 12.8 Å². The lowest BCUT2D eigenvalue weighted by atomic mass is 10.1. The predicted molar refractivity (Wildman–Crippen MR) is 78.9 cm³/mol. The standard InChI is InChI=1S/C14H19N5O2/c1-2-5-21-13-11-12(17-14(15)18-13)19(8-16-11)10-4-3-9(6-10)7-20/h3-4,8-10,20H,2,5-7H2,1H3,(H2,15,17,18). The summed E-state index contributed by atoms with van der Waals surface area (Å²) in [6.45, 7) is 2.74. The van der Waals surface area contributed by atoms with Crippen LogP contribution < -0.4 is 10.5 Å². The number of nitrogens with two attached hydrogens (primary N) is 1. The third-order valence-corrected chi connectivity index (χ3v) is 3.59. The maximum absolute atomic E-state index is 9.24. The average molecular weight is 289 g/mol. The van der Waals surface area contributed by atoms with Crippen molar-refractivity contribution in [2.24, 2.45) is 5.92 Å². The first-order valence-corrected chi connectivity index (χ1v) is 7.15. The molecule has 21 heavy (non-hydrogen) atoms. The number of ether oxygens (including phenoxy) is 1. The fourth-order valence-electron chi connectivity index (χ4n) is 2.54. The Morgan fingerprint density at radius 1 is 1.43 bits per heavy atom. The monoisotopic (exact) mass is 289 g/mol. The van der Waals surface area contributed by atoms with Crippen molar-refractivity contribution in [1.29, 1.82) is 0 Å². The summed E-state index contributed by atoms with van der Waals surface area (Å²) < 4.78 is 7.56. The van der Waals surface area contributed by atoms with E-state index in [1.807, 2.05) is 17.6 Å². The molecule has 0 amide bonds. The Balaban J connectivity index is 1.98. The van der Waals surface area contributed by atoms with Crippen LogP contribution in [0.4, 0.5) is 5.95 Å². The van der Waals surface area contributed by atoms with Crippen molar-refractivity contribution in [1.82, 2.24) is 19.5 Å². The van der Waals surface area contributed by atoms with E-state index in [2.05, 4.69) is 21.0 Å². The van der Waals surface area contributed by atoms with Crippen molar-refractivity contribution in [3.63, 3.8) is 0 Å². The van der Waals surface area contributed by atoms with E-state index in [0.717, 1.165) is 12.8 Å². The van der Waals surface area contributed by atoms with Gasteiger partial charge in [0.25, 0.3) is 0 Å². The van der Waals surface area contributed by atoms with E-state index in [-0.39, 0.29) is 24.5 Å². The first-order chi connectivity index (χ1) is 10.2. The van der Waals surface area contributed by atoms with Gasteiger partial charge in [0.2, 0.25) is 11.8 Å². The molecular formula is C14H19N5O2. The summed E-state index contributed by atoms with van der Waals surface area (Å²) in [5, 5.41) is 9.24. The third-order valence-electron chi connectivity index (χ3n) is 3.59. The number of aromatic nitrogens is 4. The molecule has 0 radical (unpaired) electrons. The molecule has 0 spiro atoms. The van der Waals surface area contributed by atoms with Gasteiger partial charge in [0, 0.05) is 12.5 Å². The second kappa shape index (κ2) is 5.69. The number of aliphatic hydroxyl groups excluding tert-OH is 1. The number of imidazole rings is 1. The van der Waals surface area contributed by atoms with Crippen LogP contribution in [0.2, 0.25) is 0 Å². The molecule has 0 aromatic carbocycles. The number of anilines is 1. The quantitative estimate of drug-likeness (QED) is 0.805. The highest BCUT2D eigenvalue weighted by Gasteiger charge is 2.23. The molecule has 0 aliphatic heterocycles. The Morgan fingerprint density at radius 2 is 2.29 bits per heavy atom. The summed E-state index contributed by atoms with van der Waals surface area (Å²) in [5.74, 6) is 0.789. The van der Waals surface area contributed by atoms with Gasteiger partial charge in [0.05, 0.1) is 19.0 Å². The minimum absolute atomic E-state index is 0.125. The molecule has 112 valence electrons. The van der Waals surface area contributed by atoms with Gasteiger partial charge < -0.3 is 20.1 Å². The summed E-state index contributed by atoms with van der Waals surface area (Å²) in [6, 6.07) is 0.125. The van der Waals surface area contributed by atoms with Crippen molar-refractivity contribution >= 4 is 17.1 Å². The predicted octanol–water partition coefficient (Wildman–Crippen LogP) is 1.31. The number of hydrogen-bond acceptors (Lipinski definition) is 6. The molecule has 7 heteroatoms. The molecule has 0 saturated heterocycles. The van der Waals surface area contributed by atoms with E-state index in [9.17, 15) is 5.11 Å². The lowest BCUT2D eigenvalue weighted by Gasteiger charge is -2.13. The Bertz CT molecular complexity index is 667. The van der Waals surface area contributed by atoms with Gasteiger partial charge in [0.1, 0.15) is 0 Å². The average Bonchev–Trinajstić information content (AvgIpc) is 3.10. The van der Waals surface area contributed by atoms with E-state index >= 15 is 0 Å². The van der Waals surface area contributed by atoms with Crippen LogP contribution >= 0.6 is 0 Å². The van der Waals surface area contributed by atoms with Gasteiger partial charge in [-0.2, -0.15) is 9.97 Å². The highest BCUT2D eigenvalue weighted by Crippen LogP contribution is 2.31. The molecule has 2 unspecified atom stereocenters. The molecule has 0 saturated carbocycles. The molecule has 2 heterocycles. The number of allylic oxidation sites excluding steroid dienone is 1. The van der Waals surface area contributed by atoms with E-state index in [1.165, 1.54) is 0 Å². The maximum atomic E-state index is 9.24. The molecule has 2 atom stereocenters. The van der Waals surface area contributed by atoms with Crippen LogP contribution in [0.5, 0.6) is 5.88 Å². The molecule has 2 aromatic heterocycles. The van der Waals surface area contributed by atoms with Crippen molar-refractivity contribution in [3.8, 4) is 5.88 Å². The van der Waals surface area contributed by atoms with Gasteiger partial charge >= 0.3 is 0 Å². The SMILES string of the molecule is CCCOc1nc(N)nc2c1ncn2C1C=CC(CO)C1. The zero-order chi connectivity index (χ0) is 14.8. The van der Waals surface area contributed by atoms with Crippen LogP contribution in [0.15, 0.2) is 18.5 Å².